The van der Waals surface area contributed by atoms with Crippen molar-refractivity contribution in [3.63, 3.8) is 0 Å². The molecule has 2 aromatic rings. The number of para-hydroxylation sites is 1. The summed E-state index contributed by atoms with van der Waals surface area (Å²) in [4.78, 5) is 2.52. The van der Waals surface area contributed by atoms with Crippen LogP contribution in [0.2, 0.25) is 0 Å². The highest BCUT2D eigenvalue weighted by atomic mass is 15.2. The minimum absolute atomic E-state index is 0.462. The number of hydrogen-bond acceptors (Lipinski definition) is 1. The Labute approximate surface area is 116 Å². The Bertz CT molecular complexity index is 464. The predicted octanol–water partition coefficient (Wildman–Crippen LogP) is 5.05. The molecule has 0 aliphatic carbocycles. The van der Waals surface area contributed by atoms with Crippen molar-refractivity contribution in [2.24, 2.45) is 0 Å². The van der Waals surface area contributed by atoms with Gasteiger partial charge in [-0.2, -0.15) is 0 Å². The van der Waals surface area contributed by atoms with Crippen molar-refractivity contribution in [3.05, 3.63) is 66.2 Å². The maximum absolute atomic E-state index is 2.52. The standard InChI is InChI=1S/C18H23N/c1-3-15-19(17-13-9-6-10-14-17)18(4-2)16-11-7-5-8-12-16/h5-14,18H,3-4,15H2,1-2H3. The first kappa shape index (κ1) is 13.7. The fraction of sp³-hybridized carbons (Fsp3) is 0.333. The Morgan fingerprint density at radius 3 is 1.95 bits per heavy atom. The second kappa shape index (κ2) is 6.98. The summed E-state index contributed by atoms with van der Waals surface area (Å²) in [7, 11) is 0. The summed E-state index contributed by atoms with van der Waals surface area (Å²) in [5.74, 6) is 0. The zero-order chi connectivity index (χ0) is 13.5. The van der Waals surface area contributed by atoms with Crippen LogP contribution in [0, 0.1) is 0 Å². The van der Waals surface area contributed by atoms with E-state index in [1.807, 2.05) is 0 Å². The average Bonchev–Trinajstić information content (AvgIpc) is 2.49. The van der Waals surface area contributed by atoms with E-state index in [4.69, 9.17) is 0 Å². The molecule has 0 bridgehead atoms. The van der Waals surface area contributed by atoms with Gasteiger partial charge in [0.2, 0.25) is 0 Å². The molecule has 1 heteroatoms. The SMILES string of the molecule is CCCN(c1ccccc1)C(CC)c1ccccc1. The van der Waals surface area contributed by atoms with Crippen LogP contribution in [0.4, 0.5) is 5.69 Å². The molecule has 19 heavy (non-hydrogen) atoms. The van der Waals surface area contributed by atoms with E-state index in [0.717, 1.165) is 19.4 Å². The predicted molar refractivity (Wildman–Crippen MR) is 83.6 cm³/mol. The normalized spacial score (nSPS) is 12.1. The molecule has 0 fully saturated rings. The summed E-state index contributed by atoms with van der Waals surface area (Å²) in [5, 5.41) is 0. The van der Waals surface area contributed by atoms with E-state index in [9.17, 15) is 0 Å². The van der Waals surface area contributed by atoms with Gasteiger partial charge in [0.15, 0.2) is 0 Å². The van der Waals surface area contributed by atoms with Crippen molar-refractivity contribution in [2.45, 2.75) is 32.7 Å². The summed E-state index contributed by atoms with van der Waals surface area (Å²) in [6, 6.07) is 22.0. The lowest BCUT2D eigenvalue weighted by Crippen LogP contribution is -2.29. The van der Waals surface area contributed by atoms with Gasteiger partial charge in [0, 0.05) is 12.2 Å². The van der Waals surface area contributed by atoms with E-state index in [0.29, 0.717) is 6.04 Å². The van der Waals surface area contributed by atoms with Gasteiger partial charge in [-0.1, -0.05) is 62.4 Å². The lowest BCUT2D eigenvalue weighted by molar-refractivity contribution is 0.596. The molecule has 0 spiro atoms. The Morgan fingerprint density at radius 1 is 0.842 bits per heavy atom. The van der Waals surface area contributed by atoms with Crippen molar-refractivity contribution < 1.29 is 0 Å². The first-order valence-corrected chi connectivity index (χ1v) is 7.23. The molecule has 0 heterocycles. The number of nitrogens with zero attached hydrogens (tertiary/aromatic N) is 1. The minimum Gasteiger partial charge on any atom is -0.365 e. The summed E-state index contributed by atoms with van der Waals surface area (Å²) < 4.78 is 0. The van der Waals surface area contributed by atoms with Crippen LogP contribution in [0.1, 0.15) is 38.3 Å². The summed E-state index contributed by atoms with van der Waals surface area (Å²) in [5.41, 5.74) is 2.72. The molecule has 0 saturated heterocycles. The van der Waals surface area contributed by atoms with E-state index in [1.54, 1.807) is 0 Å². The Balaban J connectivity index is 2.31. The van der Waals surface area contributed by atoms with Crippen molar-refractivity contribution in [3.8, 4) is 0 Å². The first-order chi connectivity index (χ1) is 9.36. The highest BCUT2D eigenvalue weighted by molar-refractivity contribution is 5.48. The van der Waals surface area contributed by atoms with Gasteiger partial charge >= 0.3 is 0 Å². The molecule has 0 N–H and O–H groups in total. The van der Waals surface area contributed by atoms with Crippen LogP contribution >= 0.6 is 0 Å². The molecule has 0 aliphatic rings. The van der Waals surface area contributed by atoms with Gasteiger partial charge in [0.25, 0.3) is 0 Å². The van der Waals surface area contributed by atoms with Gasteiger partial charge in [-0.05, 0) is 30.5 Å². The Morgan fingerprint density at radius 2 is 1.42 bits per heavy atom. The third-order valence-corrected chi connectivity index (χ3v) is 3.50. The van der Waals surface area contributed by atoms with Crippen molar-refractivity contribution in [1.29, 1.82) is 0 Å². The van der Waals surface area contributed by atoms with Crippen LogP contribution in [0.25, 0.3) is 0 Å². The fourth-order valence-electron chi connectivity index (χ4n) is 2.64. The van der Waals surface area contributed by atoms with Gasteiger partial charge in [0.05, 0.1) is 6.04 Å². The molecular formula is C18H23N. The summed E-state index contributed by atoms with van der Waals surface area (Å²) in [6.07, 6.45) is 2.29. The molecule has 0 saturated carbocycles. The maximum Gasteiger partial charge on any atom is 0.0539 e. The van der Waals surface area contributed by atoms with Gasteiger partial charge in [-0.15, -0.1) is 0 Å². The van der Waals surface area contributed by atoms with Crippen LogP contribution in [-0.4, -0.2) is 6.54 Å². The first-order valence-electron chi connectivity index (χ1n) is 7.23. The molecule has 2 rings (SSSR count). The lowest BCUT2D eigenvalue weighted by atomic mass is 10.0. The van der Waals surface area contributed by atoms with Gasteiger partial charge in [-0.3, -0.25) is 0 Å². The quantitative estimate of drug-likeness (QED) is 0.696. The third kappa shape index (κ3) is 3.37. The molecule has 100 valence electrons. The maximum atomic E-state index is 2.52. The summed E-state index contributed by atoms with van der Waals surface area (Å²) >= 11 is 0. The van der Waals surface area contributed by atoms with Crippen LogP contribution in [0.5, 0.6) is 0 Å². The highest BCUT2D eigenvalue weighted by Gasteiger charge is 2.17. The minimum atomic E-state index is 0.462. The number of benzene rings is 2. The van der Waals surface area contributed by atoms with E-state index < -0.39 is 0 Å². The molecule has 0 amide bonds. The number of hydrogen-bond donors (Lipinski definition) is 0. The smallest absolute Gasteiger partial charge is 0.0539 e. The van der Waals surface area contributed by atoms with Crippen LogP contribution in [-0.2, 0) is 0 Å². The number of anilines is 1. The van der Waals surface area contributed by atoms with Gasteiger partial charge < -0.3 is 4.90 Å². The third-order valence-electron chi connectivity index (χ3n) is 3.50. The van der Waals surface area contributed by atoms with Gasteiger partial charge in [0.1, 0.15) is 0 Å². The monoisotopic (exact) mass is 253 g/mol. The molecule has 1 unspecified atom stereocenters. The average molecular weight is 253 g/mol. The van der Waals surface area contributed by atoms with E-state index in [2.05, 4.69) is 79.4 Å². The van der Waals surface area contributed by atoms with Crippen molar-refractivity contribution in [1.82, 2.24) is 0 Å². The summed E-state index contributed by atoms with van der Waals surface area (Å²) in [6.45, 7) is 5.61. The topological polar surface area (TPSA) is 3.24 Å². The fourth-order valence-corrected chi connectivity index (χ4v) is 2.64. The molecule has 0 aromatic heterocycles. The van der Waals surface area contributed by atoms with Crippen molar-refractivity contribution >= 4 is 5.69 Å². The zero-order valence-electron chi connectivity index (χ0n) is 11.9. The molecule has 2 aromatic carbocycles. The number of rotatable bonds is 6. The largest absolute Gasteiger partial charge is 0.365 e. The molecule has 0 aliphatic heterocycles. The molecular weight excluding hydrogens is 230 g/mol. The van der Waals surface area contributed by atoms with Gasteiger partial charge in [-0.25, -0.2) is 0 Å². The molecule has 1 atom stereocenters. The Kier molecular flexibility index (Phi) is 5.02. The van der Waals surface area contributed by atoms with E-state index in [1.165, 1.54) is 11.3 Å². The second-order valence-corrected chi connectivity index (χ2v) is 4.86. The zero-order valence-corrected chi connectivity index (χ0v) is 11.9. The van der Waals surface area contributed by atoms with Crippen molar-refractivity contribution in [2.75, 3.05) is 11.4 Å². The van der Waals surface area contributed by atoms with Crippen LogP contribution in [0.15, 0.2) is 60.7 Å². The Hall–Kier alpha value is -1.76. The van der Waals surface area contributed by atoms with E-state index >= 15 is 0 Å². The molecule has 0 radical (unpaired) electrons. The molecule has 1 nitrogen and oxygen atoms in total. The lowest BCUT2D eigenvalue weighted by Gasteiger charge is -2.33. The van der Waals surface area contributed by atoms with E-state index in [-0.39, 0.29) is 0 Å². The second-order valence-electron chi connectivity index (χ2n) is 4.86. The van der Waals surface area contributed by atoms with Crippen LogP contribution < -0.4 is 4.90 Å². The highest BCUT2D eigenvalue weighted by Crippen LogP contribution is 2.29. The van der Waals surface area contributed by atoms with Crippen LogP contribution in [0.3, 0.4) is 0 Å².